The SMILES string of the molecule is COc1ccc(C(O)CC(C)(C)C(=O)O)c(F)c1. The van der Waals surface area contributed by atoms with Gasteiger partial charge in [0.25, 0.3) is 0 Å². The predicted molar refractivity (Wildman–Crippen MR) is 63.9 cm³/mol. The summed E-state index contributed by atoms with van der Waals surface area (Å²) >= 11 is 0. The van der Waals surface area contributed by atoms with Gasteiger partial charge in [0.15, 0.2) is 0 Å². The predicted octanol–water partition coefficient (Wildman–Crippen LogP) is 2.37. The Labute approximate surface area is 105 Å². The highest BCUT2D eigenvalue weighted by atomic mass is 19.1. The molecule has 18 heavy (non-hydrogen) atoms. The Hall–Kier alpha value is -1.62. The molecule has 0 saturated carbocycles. The molecule has 5 heteroatoms. The van der Waals surface area contributed by atoms with Crippen molar-refractivity contribution in [3.8, 4) is 5.75 Å². The fraction of sp³-hybridized carbons (Fsp3) is 0.462. The number of carboxylic acids is 1. The van der Waals surface area contributed by atoms with Crippen molar-refractivity contribution in [3.05, 3.63) is 29.6 Å². The van der Waals surface area contributed by atoms with E-state index in [-0.39, 0.29) is 12.0 Å². The molecule has 0 saturated heterocycles. The van der Waals surface area contributed by atoms with E-state index >= 15 is 0 Å². The molecular formula is C13H17FO4. The fourth-order valence-electron chi connectivity index (χ4n) is 1.59. The lowest BCUT2D eigenvalue weighted by atomic mass is 9.85. The minimum Gasteiger partial charge on any atom is -0.497 e. The summed E-state index contributed by atoms with van der Waals surface area (Å²) in [4.78, 5) is 10.9. The van der Waals surface area contributed by atoms with E-state index in [2.05, 4.69) is 0 Å². The number of ether oxygens (including phenoxy) is 1. The number of hydrogen-bond acceptors (Lipinski definition) is 3. The molecule has 0 heterocycles. The first-order chi connectivity index (χ1) is 8.27. The van der Waals surface area contributed by atoms with Crippen molar-refractivity contribution in [3.63, 3.8) is 0 Å². The van der Waals surface area contributed by atoms with E-state index in [4.69, 9.17) is 9.84 Å². The fourth-order valence-corrected chi connectivity index (χ4v) is 1.59. The maximum absolute atomic E-state index is 13.7. The minimum atomic E-state index is -1.16. The van der Waals surface area contributed by atoms with Crippen molar-refractivity contribution < 1.29 is 24.1 Å². The number of hydrogen-bond donors (Lipinski definition) is 2. The lowest BCUT2D eigenvalue weighted by molar-refractivity contribution is -0.148. The zero-order valence-electron chi connectivity index (χ0n) is 10.6. The molecule has 0 aromatic heterocycles. The van der Waals surface area contributed by atoms with E-state index in [1.165, 1.54) is 33.1 Å². The molecule has 1 unspecified atom stereocenters. The van der Waals surface area contributed by atoms with Gasteiger partial charge in [-0.2, -0.15) is 0 Å². The summed E-state index contributed by atoms with van der Waals surface area (Å²) in [5.74, 6) is -1.29. The zero-order chi connectivity index (χ0) is 13.9. The third kappa shape index (κ3) is 3.20. The van der Waals surface area contributed by atoms with Gasteiger partial charge >= 0.3 is 5.97 Å². The lowest BCUT2D eigenvalue weighted by Gasteiger charge is -2.23. The third-order valence-electron chi connectivity index (χ3n) is 2.85. The highest BCUT2D eigenvalue weighted by Crippen LogP contribution is 2.32. The second kappa shape index (κ2) is 5.35. The molecule has 100 valence electrons. The molecular weight excluding hydrogens is 239 g/mol. The monoisotopic (exact) mass is 256 g/mol. The van der Waals surface area contributed by atoms with E-state index < -0.39 is 23.3 Å². The van der Waals surface area contributed by atoms with E-state index in [1.54, 1.807) is 0 Å². The van der Waals surface area contributed by atoms with Crippen LogP contribution in [-0.4, -0.2) is 23.3 Å². The highest BCUT2D eigenvalue weighted by Gasteiger charge is 2.31. The van der Waals surface area contributed by atoms with Crippen molar-refractivity contribution in [2.45, 2.75) is 26.4 Å². The molecule has 1 aromatic carbocycles. The Morgan fingerprint density at radius 2 is 2.11 bits per heavy atom. The Morgan fingerprint density at radius 3 is 2.56 bits per heavy atom. The first kappa shape index (κ1) is 14.4. The van der Waals surface area contributed by atoms with Crippen molar-refractivity contribution in [1.82, 2.24) is 0 Å². The maximum atomic E-state index is 13.7. The Morgan fingerprint density at radius 1 is 1.50 bits per heavy atom. The average molecular weight is 256 g/mol. The molecule has 0 fully saturated rings. The number of carboxylic acid groups (broad SMARTS) is 1. The topological polar surface area (TPSA) is 66.8 Å². The summed E-state index contributed by atoms with van der Waals surface area (Å²) in [6, 6.07) is 4.08. The molecule has 2 N–H and O–H groups in total. The van der Waals surface area contributed by atoms with Crippen LogP contribution in [0.3, 0.4) is 0 Å². The Bertz CT molecular complexity index is 443. The normalized spacial score (nSPS) is 13.2. The van der Waals surface area contributed by atoms with Crippen LogP contribution in [0, 0.1) is 11.2 Å². The van der Waals surface area contributed by atoms with Crippen LogP contribution in [-0.2, 0) is 4.79 Å². The lowest BCUT2D eigenvalue weighted by Crippen LogP contribution is -2.26. The van der Waals surface area contributed by atoms with Gasteiger partial charge in [-0.1, -0.05) is 0 Å². The molecule has 0 spiro atoms. The van der Waals surface area contributed by atoms with Crippen molar-refractivity contribution in [1.29, 1.82) is 0 Å². The molecule has 1 atom stereocenters. The first-order valence-electron chi connectivity index (χ1n) is 5.53. The summed E-state index contributed by atoms with van der Waals surface area (Å²) in [6.07, 6.45) is -1.23. The van der Waals surface area contributed by atoms with Gasteiger partial charge in [-0.3, -0.25) is 4.79 Å². The molecule has 1 aromatic rings. The minimum absolute atomic E-state index is 0.0639. The van der Waals surface area contributed by atoms with Crippen molar-refractivity contribution in [2.75, 3.05) is 7.11 Å². The summed E-state index contributed by atoms with van der Waals surface area (Å²) in [7, 11) is 1.42. The highest BCUT2D eigenvalue weighted by molar-refractivity contribution is 5.73. The van der Waals surface area contributed by atoms with Crippen LogP contribution in [0.1, 0.15) is 31.9 Å². The molecule has 0 radical (unpaired) electrons. The van der Waals surface area contributed by atoms with Crippen LogP contribution in [0.15, 0.2) is 18.2 Å². The number of halogens is 1. The first-order valence-corrected chi connectivity index (χ1v) is 5.53. The molecule has 0 amide bonds. The zero-order valence-corrected chi connectivity index (χ0v) is 10.6. The number of aliphatic carboxylic acids is 1. The number of carbonyl (C=O) groups is 1. The molecule has 0 aliphatic rings. The smallest absolute Gasteiger partial charge is 0.309 e. The second-order valence-electron chi connectivity index (χ2n) is 4.80. The Balaban J connectivity index is 2.91. The van der Waals surface area contributed by atoms with Gasteiger partial charge in [0.05, 0.1) is 18.6 Å². The van der Waals surface area contributed by atoms with Crippen LogP contribution < -0.4 is 4.74 Å². The molecule has 4 nitrogen and oxygen atoms in total. The van der Waals surface area contributed by atoms with Crippen LogP contribution in [0.2, 0.25) is 0 Å². The van der Waals surface area contributed by atoms with Crippen LogP contribution in [0.4, 0.5) is 4.39 Å². The quantitative estimate of drug-likeness (QED) is 0.848. The average Bonchev–Trinajstić information content (AvgIpc) is 2.27. The van der Waals surface area contributed by atoms with E-state index in [1.807, 2.05) is 0 Å². The number of aliphatic hydroxyl groups excluding tert-OH is 1. The number of aliphatic hydroxyl groups is 1. The van der Waals surface area contributed by atoms with Gasteiger partial charge < -0.3 is 14.9 Å². The summed E-state index contributed by atoms with van der Waals surface area (Å²) < 4.78 is 18.5. The van der Waals surface area contributed by atoms with Crippen LogP contribution >= 0.6 is 0 Å². The third-order valence-corrected chi connectivity index (χ3v) is 2.85. The largest absolute Gasteiger partial charge is 0.497 e. The molecule has 1 rings (SSSR count). The van der Waals surface area contributed by atoms with Gasteiger partial charge in [0.2, 0.25) is 0 Å². The van der Waals surface area contributed by atoms with Gasteiger partial charge in [0.1, 0.15) is 11.6 Å². The number of methoxy groups -OCH3 is 1. The van der Waals surface area contributed by atoms with Crippen molar-refractivity contribution in [2.24, 2.45) is 5.41 Å². The van der Waals surface area contributed by atoms with Gasteiger partial charge in [-0.15, -0.1) is 0 Å². The number of rotatable bonds is 5. The van der Waals surface area contributed by atoms with Crippen LogP contribution in [0.5, 0.6) is 5.75 Å². The van der Waals surface area contributed by atoms with E-state index in [9.17, 15) is 14.3 Å². The van der Waals surface area contributed by atoms with Gasteiger partial charge in [-0.05, 0) is 32.4 Å². The summed E-state index contributed by atoms with van der Waals surface area (Å²) in [5.41, 5.74) is -1.05. The van der Waals surface area contributed by atoms with Gasteiger partial charge in [-0.25, -0.2) is 4.39 Å². The van der Waals surface area contributed by atoms with E-state index in [0.717, 1.165) is 6.07 Å². The summed E-state index contributed by atoms with van der Waals surface area (Å²) in [5, 5.41) is 18.9. The standard InChI is InChI=1S/C13H17FO4/c1-13(2,12(16)17)7-11(15)9-5-4-8(18-3)6-10(9)14/h4-6,11,15H,7H2,1-3H3,(H,16,17). The van der Waals surface area contributed by atoms with Crippen molar-refractivity contribution >= 4 is 5.97 Å². The molecule has 0 aliphatic heterocycles. The Kier molecular flexibility index (Phi) is 4.29. The second-order valence-corrected chi connectivity index (χ2v) is 4.80. The van der Waals surface area contributed by atoms with Crippen LogP contribution in [0.25, 0.3) is 0 Å². The number of benzene rings is 1. The molecule has 0 bridgehead atoms. The molecule has 0 aliphatic carbocycles. The summed E-state index contributed by atoms with van der Waals surface area (Å²) in [6.45, 7) is 2.97. The van der Waals surface area contributed by atoms with E-state index in [0.29, 0.717) is 5.75 Å². The van der Waals surface area contributed by atoms with Gasteiger partial charge in [0, 0.05) is 11.6 Å². The maximum Gasteiger partial charge on any atom is 0.309 e.